The molecule has 0 bridgehead atoms. The monoisotopic (exact) mass is 296 g/mol. The van der Waals surface area contributed by atoms with Gasteiger partial charge in [0, 0.05) is 25.7 Å². The van der Waals surface area contributed by atoms with Gasteiger partial charge in [0.1, 0.15) is 5.75 Å². The van der Waals surface area contributed by atoms with Crippen molar-refractivity contribution in [2.45, 2.75) is 25.9 Å². The molecule has 1 heterocycles. The molecule has 3 nitrogen and oxygen atoms in total. The zero-order valence-corrected chi connectivity index (χ0v) is 13.2. The fourth-order valence-corrected chi connectivity index (χ4v) is 3.23. The molecular formula is C19H24N2O. The number of rotatable bonds is 5. The van der Waals surface area contributed by atoms with E-state index in [2.05, 4.69) is 41.3 Å². The first-order chi connectivity index (χ1) is 10.8. The molecule has 116 valence electrons. The minimum absolute atomic E-state index is 0.268. The maximum Gasteiger partial charge on any atom is 0.119 e. The largest absolute Gasteiger partial charge is 0.494 e. The molecule has 3 heteroatoms. The van der Waals surface area contributed by atoms with Crippen molar-refractivity contribution in [1.29, 1.82) is 0 Å². The molecule has 22 heavy (non-hydrogen) atoms. The van der Waals surface area contributed by atoms with Gasteiger partial charge in [0.25, 0.3) is 0 Å². The highest BCUT2D eigenvalue weighted by molar-refractivity contribution is 5.32. The van der Waals surface area contributed by atoms with Gasteiger partial charge in [-0.1, -0.05) is 36.4 Å². The third-order valence-electron chi connectivity index (χ3n) is 4.40. The third kappa shape index (κ3) is 3.16. The molecule has 0 spiro atoms. The number of hydrogen-bond donors (Lipinski definition) is 1. The second-order valence-corrected chi connectivity index (χ2v) is 5.74. The highest BCUT2D eigenvalue weighted by atomic mass is 16.5. The van der Waals surface area contributed by atoms with E-state index in [1.165, 1.54) is 16.7 Å². The van der Waals surface area contributed by atoms with Crippen LogP contribution in [0.2, 0.25) is 0 Å². The standard InChI is InChI=1S/C19H24N2O/c1-2-22-18-9-7-16(8-10-18)19(13-20)21-12-11-15-5-3-4-6-17(15)14-21/h3-10,19H,2,11-14,20H2,1H3. The molecular weight excluding hydrogens is 272 g/mol. The summed E-state index contributed by atoms with van der Waals surface area (Å²) >= 11 is 0. The van der Waals surface area contributed by atoms with E-state index in [0.717, 1.165) is 25.3 Å². The van der Waals surface area contributed by atoms with E-state index in [-0.39, 0.29) is 6.04 Å². The predicted octanol–water partition coefficient (Wildman–Crippen LogP) is 3.14. The molecule has 0 saturated heterocycles. The molecule has 0 fully saturated rings. The van der Waals surface area contributed by atoms with Gasteiger partial charge in [-0.2, -0.15) is 0 Å². The van der Waals surface area contributed by atoms with Crippen LogP contribution in [-0.2, 0) is 13.0 Å². The second-order valence-electron chi connectivity index (χ2n) is 5.74. The summed E-state index contributed by atoms with van der Waals surface area (Å²) in [4.78, 5) is 2.48. The Labute approximate surface area is 132 Å². The van der Waals surface area contributed by atoms with Crippen molar-refractivity contribution in [3.8, 4) is 5.75 Å². The molecule has 2 aromatic carbocycles. The normalized spacial score (nSPS) is 16.1. The van der Waals surface area contributed by atoms with Gasteiger partial charge in [-0.3, -0.25) is 4.90 Å². The lowest BCUT2D eigenvalue weighted by atomic mass is 9.96. The van der Waals surface area contributed by atoms with Crippen LogP contribution in [0.1, 0.15) is 29.7 Å². The fraction of sp³-hybridized carbons (Fsp3) is 0.368. The van der Waals surface area contributed by atoms with E-state index in [0.29, 0.717) is 13.2 Å². The van der Waals surface area contributed by atoms with Crippen molar-refractivity contribution >= 4 is 0 Å². The Hall–Kier alpha value is -1.84. The maximum absolute atomic E-state index is 6.08. The van der Waals surface area contributed by atoms with E-state index >= 15 is 0 Å². The van der Waals surface area contributed by atoms with Gasteiger partial charge in [0.2, 0.25) is 0 Å². The molecule has 2 N–H and O–H groups in total. The van der Waals surface area contributed by atoms with E-state index in [4.69, 9.17) is 10.5 Å². The van der Waals surface area contributed by atoms with Crippen LogP contribution in [0.15, 0.2) is 48.5 Å². The van der Waals surface area contributed by atoms with Crippen molar-refractivity contribution < 1.29 is 4.74 Å². The van der Waals surface area contributed by atoms with Crippen LogP contribution in [0.5, 0.6) is 5.75 Å². The number of fused-ring (bicyclic) bond motifs is 1. The number of hydrogen-bond acceptors (Lipinski definition) is 3. The zero-order valence-electron chi connectivity index (χ0n) is 13.2. The molecule has 0 aliphatic carbocycles. The molecule has 1 aliphatic heterocycles. The van der Waals surface area contributed by atoms with Gasteiger partial charge in [0.15, 0.2) is 0 Å². The Morgan fingerprint density at radius 3 is 2.50 bits per heavy atom. The number of ether oxygens (including phenoxy) is 1. The van der Waals surface area contributed by atoms with Gasteiger partial charge >= 0.3 is 0 Å². The lowest BCUT2D eigenvalue weighted by molar-refractivity contribution is 0.183. The summed E-state index contributed by atoms with van der Waals surface area (Å²) in [5.41, 5.74) is 10.3. The number of nitrogens with two attached hydrogens (primary N) is 1. The van der Waals surface area contributed by atoms with Crippen molar-refractivity contribution in [1.82, 2.24) is 4.90 Å². The molecule has 0 radical (unpaired) electrons. The van der Waals surface area contributed by atoms with Crippen LogP contribution < -0.4 is 10.5 Å². The number of nitrogens with zero attached hydrogens (tertiary/aromatic N) is 1. The van der Waals surface area contributed by atoms with E-state index in [1.807, 2.05) is 19.1 Å². The first-order valence-corrected chi connectivity index (χ1v) is 8.05. The molecule has 1 atom stereocenters. The predicted molar refractivity (Wildman–Crippen MR) is 90.0 cm³/mol. The molecule has 3 rings (SSSR count). The fourth-order valence-electron chi connectivity index (χ4n) is 3.23. The Kier molecular flexibility index (Phi) is 4.76. The van der Waals surface area contributed by atoms with Gasteiger partial charge < -0.3 is 10.5 Å². The van der Waals surface area contributed by atoms with Gasteiger partial charge in [-0.15, -0.1) is 0 Å². The molecule has 2 aromatic rings. The first-order valence-electron chi connectivity index (χ1n) is 8.05. The SMILES string of the molecule is CCOc1ccc(C(CN)N2CCc3ccccc3C2)cc1. The molecule has 0 amide bonds. The van der Waals surface area contributed by atoms with Crippen molar-refractivity contribution in [2.75, 3.05) is 19.7 Å². The van der Waals surface area contributed by atoms with E-state index in [9.17, 15) is 0 Å². The minimum Gasteiger partial charge on any atom is -0.494 e. The Morgan fingerprint density at radius 1 is 1.09 bits per heavy atom. The summed E-state index contributed by atoms with van der Waals surface area (Å²) in [6.07, 6.45) is 1.10. The molecule has 0 saturated carbocycles. The third-order valence-corrected chi connectivity index (χ3v) is 4.40. The Bertz CT molecular complexity index is 609. The average molecular weight is 296 g/mol. The van der Waals surface area contributed by atoms with Crippen LogP contribution in [0.4, 0.5) is 0 Å². The van der Waals surface area contributed by atoms with Crippen molar-refractivity contribution in [3.63, 3.8) is 0 Å². The summed E-state index contributed by atoms with van der Waals surface area (Å²) in [6, 6.07) is 17.3. The van der Waals surface area contributed by atoms with Crippen LogP contribution in [0.3, 0.4) is 0 Å². The van der Waals surface area contributed by atoms with Gasteiger partial charge in [-0.25, -0.2) is 0 Å². The topological polar surface area (TPSA) is 38.5 Å². The van der Waals surface area contributed by atoms with Crippen molar-refractivity contribution in [3.05, 3.63) is 65.2 Å². The summed E-state index contributed by atoms with van der Waals surface area (Å²) < 4.78 is 5.52. The first kappa shape index (κ1) is 15.1. The summed E-state index contributed by atoms with van der Waals surface area (Å²) in [5, 5.41) is 0. The van der Waals surface area contributed by atoms with Crippen LogP contribution in [0, 0.1) is 0 Å². The summed E-state index contributed by atoms with van der Waals surface area (Å²) in [6.45, 7) is 5.37. The average Bonchev–Trinajstić information content (AvgIpc) is 2.57. The molecule has 1 unspecified atom stereocenters. The van der Waals surface area contributed by atoms with E-state index < -0.39 is 0 Å². The maximum atomic E-state index is 6.08. The van der Waals surface area contributed by atoms with Crippen LogP contribution >= 0.6 is 0 Å². The lowest BCUT2D eigenvalue weighted by Gasteiger charge is -2.35. The van der Waals surface area contributed by atoms with Crippen LogP contribution in [0.25, 0.3) is 0 Å². The number of benzene rings is 2. The smallest absolute Gasteiger partial charge is 0.119 e. The van der Waals surface area contributed by atoms with Gasteiger partial charge in [0.05, 0.1) is 6.61 Å². The summed E-state index contributed by atoms with van der Waals surface area (Å²) in [5.74, 6) is 0.922. The summed E-state index contributed by atoms with van der Waals surface area (Å²) in [7, 11) is 0. The molecule has 0 aromatic heterocycles. The van der Waals surface area contributed by atoms with Gasteiger partial charge in [-0.05, 0) is 42.2 Å². The lowest BCUT2D eigenvalue weighted by Crippen LogP contribution is -2.37. The zero-order chi connectivity index (χ0) is 15.4. The van der Waals surface area contributed by atoms with Crippen molar-refractivity contribution in [2.24, 2.45) is 5.73 Å². The Balaban J connectivity index is 1.77. The minimum atomic E-state index is 0.268. The molecule has 1 aliphatic rings. The van der Waals surface area contributed by atoms with Crippen LogP contribution in [-0.4, -0.2) is 24.6 Å². The quantitative estimate of drug-likeness (QED) is 0.921. The Morgan fingerprint density at radius 2 is 1.82 bits per heavy atom. The second kappa shape index (κ2) is 6.95. The highest BCUT2D eigenvalue weighted by Gasteiger charge is 2.23. The highest BCUT2D eigenvalue weighted by Crippen LogP contribution is 2.28. The van der Waals surface area contributed by atoms with E-state index in [1.54, 1.807) is 0 Å².